The molecule has 1 saturated heterocycles. The summed E-state index contributed by atoms with van der Waals surface area (Å²) in [6, 6.07) is 10.9. The van der Waals surface area contributed by atoms with Crippen molar-refractivity contribution >= 4 is 31.9 Å². The van der Waals surface area contributed by atoms with Crippen molar-refractivity contribution in [2.45, 2.75) is 44.6 Å². The van der Waals surface area contributed by atoms with Crippen LogP contribution in [0, 0.1) is 11.3 Å². The molecule has 0 radical (unpaired) electrons. The highest BCUT2D eigenvalue weighted by atomic mass is 31.1. The lowest BCUT2D eigenvalue weighted by Crippen LogP contribution is -2.20. The molecule has 10 nitrogen and oxygen atoms in total. The van der Waals surface area contributed by atoms with Crippen LogP contribution in [0.5, 0.6) is 0 Å². The second-order valence-corrected chi connectivity index (χ2v) is 7.83. The Morgan fingerprint density at radius 2 is 2.19 bits per heavy atom. The van der Waals surface area contributed by atoms with E-state index in [-0.39, 0.29) is 33.4 Å². The number of amides is 1. The first kappa shape index (κ1) is 22.2. The molecule has 1 aliphatic rings. The number of carbonyl (C=O) groups is 1. The van der Waals surface area contributed by atoms with E-state index in [0.717, 1.165) is 6.42 Å². The molecule has 4 rings (SSSR count). The highest BCUT2D eigenvalue weighted by Gasteiger charge is 2.37. The highest BCUT2D eigenvalue weighted by molar-refractivity contribution is 7.26. The Morgan fingerprint density at radius 1 is 1.34 bits per heavy atom. The number of hydrogen-bond acceptors (Lipinski definition) is 8. The van der Waals surface area contributed by atoms with E-state index in [2.05, 4.69) is 20.3 Å². The van der Waals surface area contributed by atoms with Crippen LogP contribution >= 0.6 is 9.03 Å². The summed E-state index contributed by atoms with van der Waals surface area (Å²) in [6.45, 7) is 2.39. The van der Waals surface area contributed by atoms with E-state index in [1.807, 2.05) is 23.6 Å². The van der Waals surface area contributed by atoms with Gasteiger partial charge in [-0.2, -0.15) is 5.26 Å². The lowest BCUT2D eigenvalue weighted by atomic mass is 10.1. The van der Waals surface area contributed by atoms with Crippen molar-refractivity contribution in [3.05, 3.63) is 48.5 Å². The van der Waals surface area contributed by atoms with Crippen molar-refractivity contribution in [1.29, 1.82) is 5.26 Å². The smallest absolute Gasteiger partial charge is 0.256 e. The molecule has 3 aromatic rings. The predicted octanol–water partition coefficient (Wildman–Crippen LogP) is 3.60. The van der Waals surface area contributed by atoms with Crippen LogP contribution in [0.4, 0.5) is 5.82 Å². The van der Waals surface area contributed by atoms with E-state index < -0.39 is 0 Å². The van der Waals surface area contributed by atoms with E-state index in [1.165, 1.54) is 6.33 Å². The molecular weight excluding hydrogens is 431 g/mol. The number of ether oxygens (including phenoxy) is 1. The van der Waals surface area contributed by atoms with Gasteiger partial charge in [-0.25, -0.2) is 15.0 Å². The van der Waals surface area contributed by atoms with Gasteiger partial charge in [-0.15, -0.1) is 0 Å². The Bertz CT molecular complexity index is 1100. The zero-order valence-corrected chi connectivity index (χ0v) is 18.5. The Balaban J connectivity index is 1.47. The molecule has 4 atom stereocenters. The van der Waals surface area contributed by atoms with Gasteiger partial charge >= 0.3 is 0 Å². The number of fused-ring (bicyclic) bond motifs is 1. The van der Waals surface area contributed by atoms with Gasteiger partial charge in [-0.3, -0.25) is 9.36 Å². The molecule has 11 heteroatoms. The number of rotatable bonds is 9. The van der Waals surface area contributed by atoms with Gasteiger partial charge in [0.1, 0.15) is 12.6 Å². The molecule has 0 aliphatic carbocycles. The van der Waals surface area contributed by atoms with E-state index >= 15 is 0 Å². The van der Waals surface area contributed by atoms with Crippen molar-refractivity contribution in [3.63, 3.8) is 0 Å². The summed E-state index contributed by atoms with van der Waals surface area (Å²) in [7, 11) is -0.147. The number of aromatic nitrogens is 4. The second-order valence-electron chi connectivity index (χ2n) is 7.14. The fourth-order valence-electron chi connectivity index (χ4n) is 3.52. The topological polar surface area (TPSA) is 124 Å². The summed E-state index contributed by atoms with van der Waals surface area (Å²) in [4.78, 5) is 25.5. The molecular formula is C21H23N6O4P. The first-order chi connectivity index (χ1) is 15.7. The SMILES string of the molecule is CC[C@H]1O[C@@H](n2cnc3c(NC(=O)c4ccccc4)ncnc32)C[C@@H]1OPOCCC#N. The lowest BCUT2D eigenvalue weighted by molar-refractivity contribution is -0.0138. The van der Waals surface area contributed by atoms with Crippen LogP contribution in [0.3, 0.4) is 0 Å². The Morgan fingerprint density at radius 3 is 2.97 bits per heavy atom. The third kappa shape index (κ3) is 4.92. The summed E-state index contributed by atoms with van der Waals surface area (Å²) < 4.78 is 19.3. The lowest BCUT2D eigenvalue weighted by Gasteiger charge is -2.16. The fourth-order valence-corrected chi connectivity index (χ4v) is 4.14. The molecule has 1 amide bonds. The van der Waals surface area contributed by atoms with Crippen LogP contribution in [0.2, 0.25) is 0 Å². The molecule has 2 aromatic heterocycles. The molecule has 1 unspecified atom stereocenters. The number of nitrogens with zero attached hydrogens (tertiary/aromatic N) is 5. The Hall–Kier alpha value is -2.96. The molecule has 1 N–H and O–H groups in total. The molecule has 0 saturated carbocycles. The zero-order chi connectivity index (χ0) is 22.3. The van der Waals surface area contributed by atoms with Gasteiger partial charge in [0, 0.05) is 12.0 Å². The number of hydrogen-bond donors (Lipinski definition) is 1. The highest BCUT2D eigenvalue weighted by Crippen LogP contribution is 2.37. The first-order valence-corrected chi connectivity index (χ1v) is 11.1. The standard InChI is InChI=1S/C21H23N6O4P/c1-2-15-16(31-32-29-10-6-9-22)11-17(30-15)27-13-25-18-19(23-12-24-20(18)27)26-21(28)14-7-4-3-5-8-14/h3-5,7-8,12-13,15-17,32H,2,6,10-11H2,1H3,(H,23,24,26,28)/t15-,16+,17-/m1/s1. The van der Waals surface area contributed by atoms with Crippen LogP contribution in [-0.4, -0.2) is 44.2 Å². The van der Waals surface area contributed by atoms with Crippen molar-refractivity contribution in [2.24, 2.45) is 0 Å². The van der Waals surface area contributed by atoms with Crippen molar-refractivity contribution in [3.8, 4) is 6.07 Å². The number of nitriles is 1. The van der Waals surface area contributed by atoms with E-state index in [0.29, 0.717) is 42.0 Å². The summed E-state index contributed by atoms with van der Waals surface area (Å²) in [5, 5.41) is 11.4. The second kappa shape index (κ2) is 10.6. The molecule has 32 heavy (non-hydrogen) atoms. The number of carbonyl (C=O) groups excluding carboxylic acids is 1. The minimum absolute atomic E-state index is 0.0939. The molecule has 166 valence electrons. The number of benzene rings is 1. The summed E-state index contributed by atoms with van der Waals surface area (Å²) in [5.74, 6) is 0.0713. The van der Waals surface area contributed by atoms with Crippen LogP contribution < -0.4 is 5.32 Å². The van der Waals surface area contributed by atoms with Gasteiger partial charge in [0.2, 0.25) is 0 Å². The molecule has 0 spiro atoms. The van der Waals surface area contributed by atoms with Crippen LogP contribution in [0.15, 0.2) is 43.0 Å². The largest absolute Gasteiger partial charge is 0.352 e. The molecule has 0 bridgehead atoms. The van der Waals surface area contributed by atoms with Gasteiger partial charge in [0.15, 0.2) is 26.0 Å². The van der Waals surface area contributed by atoms with E-state index in [9.17, 15) is 4.79 Å². The Labute approximate surface area is 186 Å². The summed E-state index contributed by atoms with van der Waals surface area (Å²) in [5.41, 5.74) is 1.58. The maximum atomic E-state index is 12.5. The van der Waals surface area contributed by atoms with Crippen molar-refractivity contribution in [1.82, 2.24) is 19.5 Å². The normalized spacial score (nSPS) is 20.7. The molecule has 1 aromatic carbocycles. The zero-order valence-electron chi connectivity index (χ0n) is 17.5. The third-order valence-electron chi connectivity index (χ3n) is 5.09. The molecule has 1 fully saturated rings. The predicted molar refractivity (Wildman–Crippen MR) is 118 cm³/mol. The quantitative estimate of drug-likeness (QED) is 0.384. The van der Waals surface area contributed by atoms with Crippen molar-refractivity contribution < 1.29 is 18.6 Å². The van der Waals surface area contributed by atoms with Crippen LogP contribution in [0.1, 0.15) is 42.8 Å². The summed E-state index contributed by atoms with van der Waals surface area (Å²) >= 11 is 0. The molecule has 3 heterocycles. The van der Waals surface area contributed by atoms with E-state index in [4.69, 9.17) is 19.0 Å². The summed E-state index contributed by atoms with van der Waals surface area (Å²) in [6.07, 6.45) is 4.21. The number of anilines is 1. The van der Waals surface area contributed by atoms with E-state index in [1.54, 1.807) is 30.6 Å². The number of imidazole rings is 1. The maximum absolute atomic E-state index is 12.5. The minimum atomic E-state index is -0.313. The van der Waals surface area contributed by atoms with Gasteiger partial charge in [0.25, 0.3) is 5.91 Å². The minimum Gasteiger partial charge on any atom is -0.352 e. The van der Waals surface area contributed by atoms with Gasteiger partial charge in [0.05, 0.1) is 37.6 Å². The fraction of sp³-hybridized carbons (Fsp3) is 0.381. The Kier molecular flexibility index (Phi) is 7.35. The number of nitrogens with one attached hydrogen (secondary N) is 1. The monoisotopic (exact) mass is 454 g/mol. The van der Waals surface area contributed by atoms with Gasteiger partial charge in [-0.1, -0.05) is 25.1 Å². The first-order valence-electron chi connectivity index (χ1n) is 10.3. The average Bonchev–Trinajstić information content (AvgIpc) is 3.44. The van der Waals surface area contributed by atoms with Gasteiger partial charge < -0.3 is 19.1 Å². The average molecular weight is 454 g/mol. The van der Waals surface area contributed by atoms with Gasteiger partial charge in [-0.05, 0) is 18.6 Å². The molecule has 1 aliphatic heterocycles. The van der Waals surface area contributed by atoms with Crippen LogP contribution in [0.25, 0.3) is 11.2 Å². The third-order valence-corrected chi connectivity index (χ3v) is 5.82. The maximum Gasteiger partial charge on any atom is 0.256 e. The van der Waals surface area contributed by atoms with Crippen LogP contribution in [-0.2, 0) is 13.8 Å². The van der Waals surface area contributed by atoms with Crippen molar-refractivity contribution in [2.75, 3.05) is 11.9 Å².